The first-order valence-corrected chi connectivity index (χ1v) is 9.23. The molecule has 0 aliphatic carbocycles. The summed E-state index contributed by atoms with van der Waals surface area (Å²) in [7, 11) is 5.93. The molecule has 0 saturated carbocycles. The Balaban J connectivity index is 1.77. The predicted octanol–water partition coefficient (Wildman–Crippen LogP) is 4.65. The van der Waals surface area contributed by atoms with Gasteiger partial charge in [0.25, 0.3) is 0 Å². The number of hydrogen-bond donors (Lipinski definition) is 0. The van der Waals surface area contributed by atoms with Crippen LogP contribution in [-0.4, -0.2) is 22.2 Å². The number of benzene rings is 4. The molecule has 128 valence electrons. The molecule has 6 rings (SSSR count). The summed E-state index contributed by atoms with van der Waals surface area (Å²) in [5.74, 6) is 0.890. The molecular weight excluding hydrogens is 341 g/mol. The molecule has 0 amide bonds. The molecule has 0 atom stereocenters. The van der Waals surface area contributed by atoms with Gasteiger partial charge in [0.15, 0.2) is 0 Å². The lowest BCUT2D eigenvalue weighted by atomic mass is 9.93. The second-order valence-corrected chi connectivity index (χ2v) is 7.03. The summed E-state index contributed by atoms with van der Waals surface area (Å²) in [6, 6.07) is 28.7. The van der Waals surface area contributed by atoms with Crippen LogP contribution in [0.2, 0.25) is 0 Å². The monoisotopic (exact) mass is 355 g/mol. The van der Waals surface area contributed by atoms with Crippen LogP contribution in [0.3, 0.4) is 0 Å². The molecule has 0 fully saturated rings. The molecule has 0 saturated heterocycles. The summed E-state index contributed by atoms with van der Waals surface area (Å²) in [5, 5.41) is 3.31. The average Bonchev–Trinajstić information content (AvgIpc) is 3.13. The van der Waals surface area contributed by atoms with E-state index in [0.717, 1.165) is 55.2 Å². The van der Waals surface area contributed by atoms with Crippen molar-refractivity contribution < 1.29 is 0 Å². The van der Waals surface area contributed by atoms with Crippen molar-refractivity contribution in [3.8, 4) is 11.4 Å². The number of fused-ring (bicyclic) bond motifs is 6. The number of nitrogens with zero attached hydrogens (tertiary/aromatic N) is 3. The van der Waals surface area contributed by atoms with Crippen LogP contribution in [0.25, 0.3) is 49.7 Å². The third-order valence-electron chi connectivity index (χ3n) is 5.27. The summed E-state index contributed by atoms with van der Waals surface area (Å²) in [5.41, 5.74) is 5.72. The van der Waals surface area contributed by atoms with Crippen LogP contribution in [0.5, 0.6) is 0 Å². The molecule has 3 nitrogen and oxygen atoms in total. The Bertz CT molecular complexity index is 1530. The van der Waals surface area contributed by atoms with Crippen molar-refractivity contribution in [2.24, 2.45) is 0 Å². The topological polar surface area (TPSA) is 30.2 Å². The fourth-order valence-corrected chi connectivity index (χ4v) is 3.94. The highest BCUT2D eigenvalue weighted by Crippen LogP contribution is 2.30. The molecule has 28 heavy (non-hydrogen) atoms. The predicted molar refractivity (Wildman–Crippen MR) is 116 cm³/mol. The van der Waals surface area contributed by atoms with Gasteiger partial charge in [-0.1, -0.05) is 60.1 Å². The van der Waals surface area contributed by atoms with Crippen LogP contribution in [0.4, 0.5) is 0 Å². The summed E-state index contributed by atoms with van der Waals surface area (Å²) in [6.45, 7) is 0. The van der Waals surface area contributed by atoms with Crippen molar-refractivity contribution in [1.82, 2.24) is 14.4 Å². The molecule has 0 bridgehead atoms. The van der Waals surface area contributed by atoms with E-state index in [-0.39, 0.29) is 0 Å². The SMILES string of the molecule is [B]c1ccc2cc(-c3nc4ccccc4c4nc5ccccc5n34)ccc2c1. The number of para-hydroxylation sites is 3. The molecule has 0 aliphatic rings. The molecule has 2 radical (unpaired) electrons. The van der Waals surface area contributed by atoms with Gasteiger partial charge in [0.2, 0.25) is 0 Å². The minimum atomic E-state index is 0.770. The Morgan fingerprint density at radius 3 is 2.36 bits per heavy atom. The lowest BCUT2D eigenvalue weighted by Crippen LogP contribution is -2.00. The first-order chi connectivity index (χ1) is 13.8. The highest BCUT2D eigenvalue weighted by Gasteiger charge is 2.15. The zero-order valence-electron chi connectivity index (χ0n) is 15.0. The smallest absolute Gasteiger partial charge is 0.149 e. The quantitative estimate of drug-likeness (QED) is 0.402. The number of aromatic nitrogens is 3. The van der Waals surface area contributed by atoms with E-state index in [2.05, 4.69) is 40.8 Å². The Hall–Kier alpha value is -3.66. The van der Waals surface area contributed by atoms with Crippen LogP contribution in [0.15, 0.2) is 84.9 Å². The van der Waals surface area contributed by atoms with E-state index in [4.69, 9.17) is 17.8 Å². The first kappa shape index (κ1) is 15.4. The summed E-state index contributed by atoms with van der Waals surface area (Å²) < 4.78 is 2.16. The van der Waals surface area contributed by atoms with Crippen molar-refractivity contribution in [3.63, 3.8) is 0 Å². The lowest BCUT2D eigenvalue weighted by molar-refractivity contribution is 1.16. The van der Waals surface area contributed by atoms with E-state index in [0.29, 0.717) is 0 Å². The van der Waals surface area contributed by atoms with E-state index < -0.39 is 0 Å². The van der Waals surface area contributed by atoms with Gasteiger partial charge in [-0.3, -0.25) is 4.40 Å². The molecule has 0 aliphatic heterocycles. The maximum Gasteiger partial charge on any atom is 0.149 e. The van der Waals surface area contributed by atoms with Crippen LogP contribution in [0.1, 0.15) is 0 Å². The highest BCUT2D eigenvalue weighted by atomic mass is 15.1. The Morgan fingerprint density at radius 1 is 0.679 bits per heavy atom. The number of hydrogen-bond acceptors (Lipinski definition) is 2. The fourth-order valence-electron chi connectivity index (χ4n) is 3.94. The van der Waals surface area contributed by atoms with Crippen molar-refractivity contribution in [3.05, 3.63) is 84.9 Å². The van der Waals surface area contributed by atoms with Crippen LogP contribution in [-0.2, 0) is 0 Å². The fraction of sp³-hybridized carbons (Fsp3) is 0. The second kappa shape index (κ2) is 5.67. The van der Waals surface area contributed by atoms with Gasteiger partial charge < -0.3 is 0 Å². The minimum absolute atomic E-state index is 0.770. The number of rotatable bonds is 1. The Morgan fingerprint density at radius 2 is 1.43 bits per heavy atom. The van der Waals surface area contributed by atoms with Crippen LogP contribution < -0.4 is 5.46 Å². The molecular formula is C24H14BN3. The average molecular weight is 355 g/mol. The van der Waals surface area contributed by atoms with E-state index in [1.165, 1.54) is 0 Å². The zero-order chi connectivity index (χ0) is 18.7. The zero-order valence-corrected chi connectivity index (χ0v) is 15.0. The van der Waals surface area contributed by atoms with Gasteiger partial charge in [-0.25, -0.2) is 9.97 Å². The molecule has 4 aromatic carbocycles. The maximum absolute atomic E-state index is 5.93. The van der Waals surface area contributed by atoms with E-state index in [1.54, 1.807) is 0 Å². The largest absolute Gasteiger partial charge is 0.276 e. The van der Waals surface area contributed by atoms with E-state index in [9.17, 15) is 0 Å². The van der Waals surface area contributed by atoms with Crippen LogP contribution >= 0.6 is 0 Å². The van der Waals surface area contributed by atoms with Gasteiger partial charge in [0.05, 0.1) is 16.6 Å². The van der Waals surface area contributed by atoms with E-state index >= 15 is 0 Å². The third-order valence-corrected chi connectivity index (χ3v) is 5.27. The molecule has 0 N–H and O–H groups in total. The highest BCUT2D eigenvalue weighted by molar-refractivity contribution is 6.33. The van der Waals surface area contributed by atoms with Crippen LogP contribution in [0, 0.1) is 0 Å². The summed E-state index contributed by atoms with van der Waals surface area (Å²) >= 11 is 0. The Kier molecular flexibility index (Phi) is 3.12. The van der Waals surface area contributed by atoms with Gasteiger partial charge in [0, 0.05) is 10.9 Å². The summed E-state index contributed by atoms with van der Waals surface area (Å²) in [4.78, 5) is 9.93. The van der Waals surface area contributed by atoms with Gasteiger partial charge >= 0.3 is 0 Å². The standard InChI is InChI=1S/C24H14BN3/c25-18-12-11-15-13-17(10-9-16(15)14-18)23-26-20-6-2-1-5-19(20)24-27-21-7-3-4-8-22(21)28(23)24/h1-14H. The molecule has 4 heteroatoms. The van der Waals surface area contributed by atoms with E-state index in [1.807, 2.05) is 48.5 Å². The van der Waals surface area contributed by atoms with Gasteiger partial charge in [-0.2, -0.15) is 0 Å². The van der Waals surface area contributed by atoms with Crippen molar-refractivity contribution in [2.75, 3.05) is 0 Å². The second-order valence-electron chi connectivity index (χ2n) is 7.03. The van der Waals surface area contributed by atoms with Crippen molar-refractivity contribution in [1.29, 1.82) is 0 Å². The molecule has 2 aromatic heterocycles. The maximum atomic E-state index is 5.93. The molecule has 6 aromatic rings. The minimum Gasteiger partial charge on any atom is -0.276 e. The first-order valence-electron chi connectivity index (χ1n) is 9.23. The Labute approximate surface area is 162 Å². The molecule has 0 unspecified atom stereocenters. The molecule has 0 spiro atoms. The van der Waals surface area contributed by atoms with Gasteiger partial charge in [0.1, 0.15) is 19.3 Å². The normalized spacial score (nSPS) is 11.7. The molecule has 2 heterocycles. The van der Waals surface area contributed by atoms with Gasteiger partial charge in [-0.05, 0) is 41.1 Å². The number of imidazole rings is 1. The van der Waals surface area contributed by atoms with Crippen molar-refractivity contribution in [2.45, 2.75) is 0 Å². The lowest BCUT2D eigenvalue weighted by Gasteiger charge is -2.10. The van der Waals surface area contributed by atoms with Crippen molar-refractivity contribution >= 4 is 51.7 Å². The third kappa shape index (κ3) is 2.18. The summed E-state index contributed by atoms with van der Waals surface area (Å²) in [6.07, 6.45) is 0. The van der Waals surface area contributed by atoms with Gasteiger partial charge in [-0.15, -0.1) is 0 Å².